The molecule has 1 aliphatic carbocycles. The number of rotatable bonds is 3. The first kappa shape index (κ1) is 9.29. The van der Waals surface area contributed by atoms with Crippen molar-refractivity contribution >= 4 is 10.0 Å². The van der Waals surface area contributed by atoms with E-state index >= 15 is 0 Å². The fourth-order valence-electron chi connectivity index (χ4n) is 1.49. The summed E-state index contributed by atoms with van der Waals surface area (Å²) in [6, 6.07) is 1.45. The monoisotopic (exact) mass is 251 g/mol. The molecule has 1 aliphatic rings. The van der Waals surface area contributed by atoms with Gasteiger partial charge in [-0.25, -0.2) is 18.4 Å². The molecule has 0 aromatic carbocycles. The quantitative estimate of drug-likeness (QED) is 0.801. The predicted octanol–water partition coefficient (Wildman–Crippen LogP) is 0.680. The normalized spacial score (nSPS) is 16.8. The Morgan fingerprint density at radius 2 is 2.24 bits per heavy atom. The van der Waals surface area contributed by atoms with E-state index in [9.17, 15) is 8.42 Å². The molecule has 0 spiro atoms. The van der Waals surface area contributed by atoms with Crippen molar-refractivity contribution in [1.82, 2.24) is 19.2 Å². The van der Waals surface area contributed by atoms with E-state index < -0.39 is 10.0 Å². The number of hydrogen-bond acceptors (Lipinski definition) is 5. The second kappa shape index (κ2) is 3.63. The zero-order valence-corrected chi connectivity index (χ0v) is 9.63. The Labute approximate surface area is 99.8 Å². The first-order valence-corrected chi connectivity index (χ1v) is 6.67. The Morgan fingerprint density at radius 3 is 2.94 bits per heavy atom. The molecule has 1 saturated carbocycles. The summed E-state index contributed by atoms with van der Waals surface area (Å²) in [5.41, 5.74) is 0.494. The fourth-order valence-corrected chi connectivity index (χ4v) is 2.96. The Hall–Kier alpha value is -1.76. The smallest absolute Gasteiger partial charge is 0.236 e. The van der Waals surface area contributed by atoms with Crippen LogP contribution in [-0.2, 0) is 10.0 Å². The minimum Gasteiger partial charge on any atom is -0.236 e. The summed E-state index contributed by atoms with van der Waals surface area (Å²) < 4.78 is 32.2. The van der Waals surface area contributed by atoms with Crippen LogP contribution in [0, 0.1) is 0 Å². The predicted molar refractivity (Wildman–Crippen MR) is 60.6 cm³/mol. The number of aromatic nitrogens is 4. The lowest BCUT2D eigenvalue weighted by Crippen LogP contribution is -2.17. The van der Waals surface area contributed by atoms with E-state index in [1.807, 2.05) is 0 Å². The molecule has 0 amide bonds. The van der Waals surface area contributed by atoms with E-state index in [1.165, 1.54) is 24.7 Å². The fraction of sp³-hybridized carbons (Fsp3) is 0.300. The molecule has 2 aromatic rings. The second-order valence-electron chi connectivity index (χ2n) is 3.86. The highest BCUT2D eigenvalue weighted by Gasteiger charge is 2.37. The van der Waals surface area contributed by atoms with Gasteiger partial charge in [0.1, 0.15) is 0 Å². The van der Waals surface area contributed by atoms with E-state index in [0.29, 0.717) is 24.2 Å². The van der Waals surface area contributed by atoms with Crippen LogP contribution in [-0.4, -0.2) is 32.8 Å². The maximum Gasteiger partial charge on any atom is 0.256 e. The van der Waals surface area contributed by atoms with Crippen LogP contribution in [0.15, 0.2) is 30.8 Å². The van der Waals surface area contributed by atoms with Crippen LogP contribution in [0.2, 0.25) is 0 Å². The van der Waals surface area contributed by atoms with Crippen molar-refractivity contribution in [2.45, 2.75) is 18.1 Å². The lowest BCUT2D eigenvalue weighted by atomic mass is 10.3. The number of hydrogen-bond donors (Lipinski definition) is 0. The third-order valence-electron chi connectivity index (χ3n) is 2.54. The number of nitrogens with zero attached hydrogens (tertiary/aromatic N) is 4. The van der Waals surface area contributed by atoms with Crippen molar-refractivity contribution in [2.75, 3.05) is 0 Å². The van der Waals surface area contributed by atoms with Gasteiger partial charge in [0.25, 0.3) is 10.0 Å². The van der Waals surface area contributed by atoms with Gasteiger partial charge in [-0.05, 0) is 18.9 Å². The molecule has 2 aromatic heterocycles. The molecule has 3 rings (SSSR count). The average molecular weight is 251 g/mol. The van der Waals surface area contributed by atoms with E-state index in [4.69, 9.17) is 1.37 Å². The maximum absolute atomic E-state index is 11.9. The molecule has 88 valence electrons. The molecule has 0 saturated heterocycles. The van der Waals surface area contributed by atoms with Crippen molar-refractivity contribution in [3.8, 4) is 11.4 Å². The van der Waals surface area contributed by atoms with E-state index in [1.54, 1.807) is 0 Å². The van der Waals surface area contributed by atoms with E-state index in [0.717, 1.165) is 4.09 Å². The molecular weight excluding hydrogens is 240 g/mol. The average Bonchev–Trinajstić information content (AvgIpc) is 3.07. The molecule has 0 atom stereocenters. The zero-order valence-electron chi connectivity index (χ0n) is 9.81. The van der Waals surface area contributed by atoms with Gasteiger partial charge in [-0.1, -0.05) is 0 Å². The van der Waals surface area contributed by atoms with Gasteiger partial charge in [-0.2, -0.15) is 9.19 Å². The standard InChI is InChI=1S/C10H10N4O2S/c15-17(16,9-2-3-9)14-7-8(6-13-14)10-11-4-1-5-12-10/h1,4-7,9H,2-3H2/i4D. The minimum atomic E-state index is -3.36. The van der Waals surface area contributed by atoms with Crippen LogP contribution < -0.4 is 0 Å². The third-order valence-corrected chi connectivity index (χ3v) is 4.58. The van der Waals surface area contributed by atoms with Gasteiger partial charge in [0, 0.05) is 12.4 Å². The van der Waals surface area contributed by atoms with E-state index in [-0.39, 0.29) is 11.4 Å². The summed E-state index contributed by atoms with van der Waals surface area (Å²) in [5.74, 6) is 0.305. The first-order valence-electron chi connectivity index (χ1n) is 5.66. The Bertz CT molecular complexity index is 693. The molecular formula is C10H10N4O2S. The minimum absolute atomic E-state index is 0.0813. The molecule has 0 unspecified atom stereocenters. The molecule has 0 bridgehead atoms. The molecule has 0 radical (unpaired) electrons. The van der Waals surface area contributed by atoms with Gasteiger partial charge in [-0.3, -0.25) is 0 Å². The van der Waals surface area contributed by atoms with Crippen LogP contribution in [0.25, 0.3) is 11.4 Å². The Kier molecular flexibility index (Phi) is 1.98. The van der Waals surface area contributed by atoms with Gasteiger partial charge in [0.05, 0.1) is 24.6 Å². The third kappa shape index (κ3) is 1.82. The molecule has 1 fully saturated rings. The van der Waals surface area contributed by atoms with Gasteiger partial charge < -0.3 is 0 Å². The van der Waals surface area contributed by atoms with Crippen LogP contribution in [0.3, 0.4) is 0 Å². The zero-order chi connectivity index (χ0) is 12.8. The van der Waals surface area contributed by atoms with Crippen LogP contribution in [0.1, 0.15) is 14.2 Å². The van der Waals surface area contributed by atoms with Gasteiger partial charge >= 0.3 is 0 Å². The molecule has 0 aliphatic heterocycles. The lowest BCUT2D eigenvalue weighted by Gasteiger charge is -2.00. The Balaban J connectivity index is 1.99. The van der Waals surface area contributed by atoms with Crippen molar-refractivity contribution in [1.29, 1.82) is 0 Å². The molecule has 17 heavy (non-hydrogen) atoms. The molecule has 6 nitrogen and oxygen atoms in total. The summed E-state index contributed by atoms with van der Waals surface area (Å²) in [7, 11) is -3.36. The highest BCUT2D eigenvalue weighted by atomic mass is 32.2. The summed E-state index contributed by atoms with van der Waals surface area (Å²) in [4.78, 5) is 7.89. The molecule has 2 heterocycles. The van der Waals surface area contributed by atoms with Crippen molar-refractivity contribution in [2.24, 2.45) is 0 Å². The van der Waals surface area contributed by atoms with Gasteiger partial charge in [0.15, 0.2) is 5.82 Å². The molecule has 7 heteroatoms. The van der Waals surface area contributed by atoms with Crippen LogP contribution >= 0.6 is 0 Å². The van der Waals surface area contributed by atoms with Crippen LogP contribution in [0.4, 0.5) is 0 Å². The highest BCUT2D eigenvalue weighted by Crippen LogP contribution is 2.30. The second-order valence-corrected chi connectivity index (χ2v) is 5.93. The van der Waals surface area contributed by atoms with Crippen molar-refractivity contribution in [3.63, 3.8) is 0 Å². The Morgan fingerprint density at radius 1 is 1.41 bits per heavy atom. The summed E-state index contributed by atoms with van der Waals surface area (Å²) in [6.45, 7) is 0. The summed E-state index contributed by atoms with van der Waals surface area (Å²) >= 11 is 0. The first-order chi connectivity index (χ1) is 8.57. The SMILES string of the molecule is [2H]c1ccnc(-c2cnn(S(=O)(=O)C3CC3)c2)n1. The van der Waals surface area contributed by atoms with Gasteiger partial charge in [-0.15, -0.1) is 0 Å². The largest absolute Gasteiger partial charge is 0.256 e. The van der Waals surface area contributed by atoms with Crippen molar-refractivity contribution in [3.05, 3.63) is 30.8 Å². The summed E-state index contributed by atoms with van der Waals surface area (Å²) in [6.07, 6.45) is 5.71. The summed E-state index contributed by atoms with van der Waals surface area (Å²) in [5, 5.41) is 3.53. The topological polar surface area (TPSA) is 77.7 Å². The van der Waals surface area contributed by atoms with E-state index in [2.05, 4.69) is 15.1 Å². The van der Waals surface area contributed by atoms with Crippen molar-refractivity contribution < 1.29 is 9.79 Å². The lowest BCUT2D eigenvalue weighted by molar-refractivity contribution is 0.578. The van der Waals surface area contributed by atoms with Gasteiger partial charge in [0.2, 0.25) is 0 Å². The van der Waals surface area contributed by atoms with Crippen LogP contribution in [0.5, 0.6) is 0 Å². The highest BCUT2D eigenvalue weighted by molar-refractivity contribution is 7.90. The molecule has 0 N–H and O–H groups in total. The maximum atomic E-state index is 11.9.